The molecule has 2 rings (SSSR count). The Morgan fingerprint density at radius 3 is 2.33 bits per heavy atom. The Hall–Kier alpha value is -2.47. The number of rotatable bonds is 8. The topological polar surface area (TPSA) is 72.5 Å². The van der Waals surface area contributed by atoms with Gasteiger partial charge in [-0.2, -0.15) is 0 Å². The van der Waals surface area contributed by atoms with Crippen LogP contribution in [0.15, 0.2) is 59.5 Å². The van der Waals surface area contributed by atoms with Crippen molar-refractivity contribution in [3.05, 3.63) is 65.7 Å². The molecule has 1 N–H and O–H groups in total. The average Bonchev–Trinajstić information content (AvgIpc) is 2.68. The van der Waals surface area contributed by atoms with Gasteiger partial charge in [0.05, 0.1) is 21.3 Å². The van der Waals surface area contributed by atoms with E-state index >= 15 is 0 Å². The number of ether oxygens (including phenoxy) is 1. The van der Waals surface area contributed by atoms with Crippen molar-refractivity contribution in [2.24, 2.45) is 0 Å². The maximum Gasteiger partial charge on any atom is 0.340 e. The Labute approximate surface area is 162 Å². The number of benzene rings is 2. The lowest BCUT2D eigenvalue weighted by molar-refractivity contribution is -0.129. The maximum absolute atomic E-state index is 12.4. The van der Waals surface area contributed by atoms with Crippen LogP contribution in [0.25, 0.3) is 0 Å². The summed E-state index contributed by atoms with van der Waals surface area (Å²) in [5.74, 6) is -0.812. The lowest BCUT2D eigenvalue weighted by Gasteiger charge is -2.19. The van der Waals surface area contributed by atoms with Crippen molar-refractivity contribution in [3.8, 4) is 0 Å². The first-order valence-corrected chi connectivity index (χ1v) is 10.5. The van der Waals surface area contributed by atoms with Gasteiger partial charge in [0.15, 0.2) is 6.10 Å². The molecular weight excluding hydrogens is 362 g/mol. The standard InChI is InChI=1S/C21H25NO4S/c1-4-16(17-10-6-5-7-11-17)14-22-20(23)15(2)26-21(24)18-12-8-9-13-19(18)27(3)25/h5-13,15-16H,4,14H2,1-3H3,(H,22,23)/t15-,16+,27-/m1/s1. The fourth-order valence-corrected chi connectivity index (χ4v) is 3.49. The molecule has 3 atom stereocenters. The Bertz CT molecular complexity index is 807. The van der Waals surface area contributed by atoms with Crippen LogP contribution in [0.2, 0.25) is 0 Å². The third-order valence-electron chi connectivity index (χ3n) is 4.36. The molecule has 1 amide bonds. The summed E-state index contributed by atoms with van der Waals surface area (Å²) in [5.41, 5.74) is 1.37. The molecule has 27 heavy (non-hydrogen) atoms. The monoisotopic (exact) mass is 387 g/mol. The van der Waals surface area contributed by atoms with E-state index in [9.17, 15) is 13.8 Å². The van der Waals surface area contributed by atoms with Crippen molar-refractivity contribution in [3.63, 3.8) is 0 Å². The van der Waals surface area contributed by atoms with Gasteiger partial charge in [-0.3, -0.25) is 9.00 Å². The van der Waals surface area contributed by atoms with E-state index in [0.29, 0.717) is 11.4 Å². The number of carbonyl (C=O) groups is 2. The third-order valence-corrected chi connectivity index (χ3v) is 5.33. The molecule has 0 saturated carbocycles. The normalized spacial score (nSPS) is 14.0. The van der Waals surface area contributed by atoms with Gasteiger partial charge >= 0.3 is 5.97 Å². The zero-order valence-electron chi connectivity index (χ0n) is 15.8. The number of esters is 1. The van der Waals surface area contributed by atoms with Gasteiger partial charge in [0, 0.05) is 18.7 Å². The number of carbonyl (C=O) groups excluding carboxylic acids is 2. The number of amides is 1. The molecule has 0 fully saturated rings. The van der Waals surface area contributed by atoms with Crippen LogP contribution in [-0.4, -0.2) is 35.0 Å². The molecule has 0 aliphatic rings. The highest BCUT2D eigenvalue weighted by Crippen LogP contribution is 2.18. The van der Waals surface area contributed by atoms with Gasteiger partial charge in [-0.25, -0.2) is 4.79 Å². The predicted molar refractivity (Wildman–Crippen MR) is 106 cm³/mol. The van der Waals surface area contributed by atoms with E-state index < -0.39 is 22.9 Å². The van der Waals surface area contributed by atoms with Crippen molar-refractivity contribution in [2.75, 3.05) is 12.8 Å². The molecule has 5 nitrogen and oxygen atoms in total. The maximum atomic E-state index is 12.4. The van der Waals surface area contributed by atoms with Crippen LogP contribution in [0.1, 0.15) is 42.1 Å². The summed E-state index contributed by atoms with van der Waals surface area (Å²) in [6.07, 6.45) is 1.44. The summed E-state index contributed by atoms with van der Waals surface area (Å²) in [4.78, 5) is 25.1. The van der Waals surface area contributed by atoms with Crippen LogP contribution >= 0.6 is 0 Å². The van der Waals surface area contributed by atoms with Gasteiger partial charge in [0.1, 0.15) is 0 Å². The van der Waals surface area contributed by atoms with Gasteiger partial charge in [-0.15, -0.1) is 0 Å². The predicted octanol–water partition coefficient (Wildman–Crippen LogP) is 3.28. The van der Waals surface area contributed by atoms with Crippen molar-refractivity contribution in [2.45, 2.75) is 37.2 Å². The zero-order chi connectivity index (χ0) is 19.8. The van der Waals surface area contributed by atoms with Crippen LogP contribution in [0.5, 0.6) is 0 Å². The van der Waals surface area contributed by atoms with Crippen molar-refractivity contribution < 1.29 is 18.5 Å². The van der Waals surface area contributed by atoms with E-state index in [0.717, 1.165) is 12.0 Å². The quantitative estimate of drug-likeness (QED) is 0.706. The fraction of sp³-hybridized carbons (Fsp3) is 0.333. The minimum atomic E-state index is -1.32. The Balaban J connectivity index is 1.95. The van der Waals surface area contributed by atoms with E-state index in [2.05, 4.69) is 12.2 Å². The van der Waals surface area contributed by atoms with E-state index in [1.807, 2.05) is 30.3 Å². The molecule has 0 spiro atoms. The molecule has 0 aliphatic heterocycles. The van der Waals surface area contributed by atoms with Crippen LogP contribution in [0.3, 0.4) is 0 Å². The molecule has 144 valence electrons. The summed E-state index contributed by atoms with van der Waals surface area (Å²) in [7, 11) is -1.32. The van der Waals surface area contributed by atoms with Crippen molar-refractivity contribution >= 4 is 22.7 Å². The second-order valence-electron chi connectivity index (χ2n) is 6.26. The minimum absolute atomic E-state index is 0.196. The van der Waals surface area contributed by atoms with Crippen LogP contribution in [0.4, 0.5) is 0 Å². The first-order valence-electron chi connectivity index (χ1n) is 8.90. The first kappa shape index (κ1) is 20.8. The molecule has 0 bridgehead atoms. The smallest absolute Gasteiger partial charge is 0.340 e. The molecule has 2 aromatic rings. The molecule has 0 heterocycles. The Kier molecular flexibility index (Phi) is 7.73. The summed E-state index contributed by atoms with van der Waals surface area (Å²) in [5, 5.41) is 2.85. The van der Waals surface area contributed by atoms with Crippen LogP contribution in [0, 0.1) is 0 Å². The van der Waals surface area contributed by atoms with Gasteiger partial charge in [0.25, 0.3) is 5.91 Å². The highest BCUT2D eigenvalue weighted by molar-refractivity contribution is 7.84. The second-order valence-corrected chi connectivity index (χ2v) is 7.61. The van der Waals surface area contributed by atoms with Gasteiger partial charge in [0.2, 0.25) is 0 Å². The first-order chi connectivity index (χ1) is 12.9. The van der Waals surface area contributed by atoms with E-state index in [1.54, 1.807) is 24.3 Å². The van der Waals surface area contributed by atoms with Gasteiger partial charge < -0.3 is 10.1 Å². The number of hydrogen-bond acceptors (Lipinski definition) is 4. The largest absolute Gasteiger partial charge is 0.449 e. The summed E-state index contributed by atoms with van der Waals surface area (Å²) < 4.78 is 17.0. The van der Waals surface area contributed by atoms with E-state index in [1.165, 1.54) is 13.2 Å². The van der Waals surface area contributed by atoms with Gasteiger partial charge in [-0.1, -0.05) is 49.4 Å². The summed E-state index contributed by atoms with van der Waals surface area (Å²) in [6, 6.07) is 16.5. The highest BCUT2D eigenvalue weighted by Gasteiger charge is 2.22. The lowest BCUT2D eigenvalue weighted by atomic mass is 9.96. The fourth-order valence-electron chi connectivity index (χ4n) is 2.75. The third kappa shape index (κ3) is 5.76. The molecule has 0 aromatic heterocycles. The molecule has 0 radical (unpaired) electrons. The van der Waals surface area contributed by atoms with Crippen LogP contribution in [-0.2, 0) is 20.3 Å². The molecule has 0 saturated heterocycles. The van der Waals surface area contributed by atoms with Crippen LogP contribution < -0.4 is 5.32 Å². The second kappa shape index (κ2) is 10.0. The molecule has 6 heteroatoms. The number of hydrogen-bond donors (Lipinski definition) is 1. The summed E-state index contributed by atoms with van der Waals surface area (Å²) in [6.45, 7) is 4.06. The van der Waals surface area contributed by atoms with Gasteiger partial charge in [-0.05, 0) is 31.0 Å². The Morgan fingerprint density at radius 2 is 1.70 bits per heavy atom. The molecule has 0 aliphatic carbocycles. The number of nitrogens with one attached hydrogen (secondary N) is 1. The zero-order valence-corrected chi connectivity index (χ0v) is 16.6. The Morgan fingerprint density at radius 1 is 1.07 bits per heavy atom. The molecule has 2 aromatic carbocycles. The van der Waals surface area contributed by atoms with Crippen molar-refractivity contribution in [1.82, 2.24) is 5.32 Å². The van der Waals surface area contributed by atoms with Crippen molar-refractivity contribution in [1.29, 1.82) is 0 Å². The lowest BCUT2D eigenvalue weighted by Crippen LogP contribution is -2.38. The van der Waals surface area contributed by atoms with E-state index in [-0.39, 0.29) is 17.4 Å². The summed E-state index contributed by atoms with van der Waals surface area (Å²) >= 11 is 0. The molecule has 0 unspecified atom stereocenters. The molecular formula is C21H25NO4S. The highest BCUT2D eigenvalue weighted by atomic mass is 32.2. The SMILES string of the molecule is CC[C@@H](CNC(=O)[C@@H](C)OC(=O)c1ccccc1[S@@](C)=O)c1ccccc1. The van der Waals surface area contributed by atoms with E-state index in [4.69, 9.17) is 4.74 Å². The average molecular weight is 388 g/mol. The minimum Gasteiger partial charge on any atom is -0.449 e.